The van der Waals surface area contributed by atoms with Crippen LogP contribution in [0.3, 0.4) is 0 Å². The van der Waals surface area contributed by atoms with E-state index in [4.69, 9.17) is 14.2 Å². The fourth-order valence-corrected chi connectivity index (χ4v) is 10.2. The number of carbonyl (C=O) groups excluding carboxylic acids is 3. The smallest absolute Gasteiger partial charge is 0.306 e. The fraction of sp³-hybridized carbons (Fsp3) is 0.753. The lowest BCUT2D eigenvalue weighted by Gasteiger charge is -2.18. The number of unbranched alkanes of at least 4 members (excludes halogenated alkanes) is 38. The van der Waals surface area contributed by atoms with Gasteiger partial charge in [0, 0.05) is 19.3 Å². The van der Waals surface area contributed by atoms with Gasteiger partial charge in [0.05, 0.1) is 0 Å². The molecule has 0 bridgehead atoms. The summed E-state index contributed by atoms with van der Waals surface area (Å²) in [4.78, 5) is 38.4. The molecular weight excluding hydrogens is 1020 g/mol. The Bertz CT molecular complexity index is 1610. The number of allylic oxidation sites excluding steroid dienone is 16. The molecule has 1 atom stereocenters. The maximum Gasteiger partial charge on any atom is 0.306 e. The van der Waals surface area contributed by atoms with Gasteiger partial charge in [-0.1, -0.05) is 330 Å². The summed E-state index contributed by atoms with van der Waals surface area (Å²) in [5, 5.41) is 0. The monoisotopic (exact) mass is 1160 g/mol. The van der Waals surface area contributed by atoms with Crippen molar-refractivity contribution in [2.75, 3.05) is 13.2 Å². The second kappa shape index (κ2) is 70.8. The maximum absolute atomic E-state index is 12.9. The van der Waals surface area contributed by atoms with E-state index in [1.165, 1.54) is 193 Å². The standard InChI is InChI=1S/C77H134O6/c1-4-7-10-13-16-19-22-25-28-30-31-32-33-34-35-36-37-38-39-40-41-42-43-44-45-46-47-48-50-52-55-58-61-64-67-70-76(79)82-73-74(72-81-75(78)69-66-63-60-57-54-51-27-24-21-18-15-12-9-6-3)83-77(80)71-68-65-62-59-56-53-49-29-26-23-20-17-14-11-8-5-2/h7,10,16,19-20,23,25,28-29,31-32,34-35,37-38,49,74H,4-6,8-9,11-15,17-18,21-22,24,26-27,30,33,36,39-48,50-73H2,1-3H3/b10-7-,19-16-,23-20-,28-25-,32-31-,35-34-,38-37-,49-29-. The molecule has 0 saturated heterocycles. The van der Waals surface area contributed by atoms with Crippen molar-refractivity contribution in [2.24, 2.45) is 0 Å². The average Bonchev–Trinajstić information content (AvgIpc) is 3.49. The minimum atomic E-state index is -0.782. The van der Waals surface area contributed by atoms with Gasteiger partial charge in [0.1, 0.15) is 13.2 Å². The molecule has 0 aliphatic rings. The molecule has 0 aliphatic carbocycles. The molecule has 0 saturated carbocycles. The summed E-state index contributed by atoms with van der Waals surface area (Å²) < 4.78 is 17.0. The van der Waals surface area contributed by atoms with Gasteiger partial charge in [-0.15, -0.1) is 0 Å². The Labute approximate surface area is 515 Å². The summed E-state index contributed by atoms with van der Waals surface area (Å²) in [6.07, 6.45) is 95.8. The molecule has 83 heavy (non-hydrogen) atoms. The Morgan fingerprint density at radius 2 is 0.470 bits per heavy atom. The van der Waals surface area contributed by atoms with Gasteiger partial charge in [0.25, 0.3) is 0 Å². The van der Waals surface area contributed by atoms with E-state index < -0.39 is 6.10 Å². The van der Waals surface area contributed by atoms with E-state index in [0.717, 1.165) is 122 Å². The van der Waals surface area contributed by atoms with Crippen LogP contribution in [0.5, 0.6) is 0 Å². The van der Waals surface area contributed by atoms with Gasteiger partial charge in [-0.05, 0) is 103 Å². The van der Waals surface area contributed by atoms with E-state index in [1.54, 1.807) is 0 Å². The van der Waals surface area contributed by atoms with Crippen molar-refractivity contribution in [2.45, 2.75) is 361 Å². The van der Waals surface area contributed by atoms with Crippen molar-refractivity contribution in [3.63, 3.8) is 0 Å². The molecule has 0 rings (SSSR count). The van der Waals surface area contributed by atoms with Crippen molar-refractivity contribution in [3.8, 4) is 0 Å². The highest BCUT2D eigenvalue weighted by Crippen LogP contribution is 2.17. The third kappa shape index (κ3) is 69.0. The number of hydrogen-bond donors (Lipinski definition) is 0. The Hall–Kier alpha value is -3.67. The van der Waals surface area contributed by atoms with Crippen molar-refractivity contribution in [3.05, 3.63) is 97.2 Å². The quantitative estimate of drug-likeness (QED) is 0.0261. The molecule has 0 aromatic heterocycles. The van der Waals surface area contributed by atoms with Crippen LogP contribution >= 0.6 is 0 Å². The first-order valence-electron chi connectivity index (χ1n) is 35.7. The zero-order valence-corrected chi connectivity index (χ0v) is 54.9. The fourth-order valence-electron chi connectivity index (χ4n) is 10.2. The highest BCUT2D eigenvalue weighted by molar-refractivity contribution is 5.71. The maximum atomic E-state index is 12.9. The Kier molecular flexibility index (Phi) is 67.7. The molecule has 0 aliphatic heterocycles. The minimum Gasteiger partial charge on any atom is -0.462 e. The molecule has 0 aromatic carbocycles. The minimum absolute atomic E-state index is 0.0773. The zero-order chi connectivity index (χ0) is 59.9. The van der Waals surface area contributed by atoms with E-state index in [9.17, 15) is 14.4 Å². The van der Waals surface area contributed by atoms with Crippen LogP contribution in [0.2, 0.25) is 0 Å². The molecule has 1 unspecified atom stereocenters. The molecular formula is C77H134O6. The van der Waals surface area contributed by atoms with E-state index in [2.05, 4.69) is 118 Å². The van der Waals surface area contributed by atoms with Gasteiger partial charge < -0.3 is 14.2 Å². The molecule has 0 heterocycles. The van der Waals surface area contributed by atoms with Crippen LogP contribution in [0.1, 0.15) is 355 Å². The average molecular weight is 1160 g/mol. The first-order chi connectivity index (χ1) is 41.0. The largest absolute Gasteiger partial charge is 0.462 e. The van der Waals surface area contributed by atoms with Gasteiger partial charge in [0.2, 0.25) is 0 Å². The Morgan fingerprint density at radius 3 is 0.747 bits per heavy atom. The molecule has 478 valence electrons. The van der Waals surface area contributed by atoms with Gasteiger partial charge in [0.15, 0.2) is 6.10 Å². The molecule has 0 amide bonds. The van der Waals surface area contributed by atoms with Crippen LogP contribution in [-0.2, 0) is 28.6 Å². The van der Waals surface area contributed by atoms with Crippen molar-refractivity contribution >= 4 is 17.9 Å². The van der Waals surface area contributed by atoms with Crippen molar-refractivity contribution < 1.29 is 28.6 Å². The third-order valence-corrected chi connectivity index (χ3v) is 15.6. The predicted molar refractivity (Wildman–Crippen MR) is 362 cm³/mol. The van der Waals surface area contributed by atoms with Crippen LogP contribution in [0.15, 0.2) is 97.2 Å². The topological polar surface area (TPSA) is 78.9 Å². The van der Waals surface area contributed by atoms with Crippen LogP contribution in [0, 0.1) is 0 Å². The molecule has 0 aromatic rings. The summed E-state index contributed by atoms with van der Waals surface area (Å²) in [6.45, 7) is 6.54. The number of hydrogen-bond acceptors (Lipinski definition) is 6. The van der Waals surface area contributed by atoms with Gasteiger partial charge >= 0.3 is 17.9 Å². The van der Waals surface area contributed by atoms with Gasteiger partial charge in [-0.25, -0.2) is 0 Å². The van der Waals surface area contributed by atoms with E-state index in [1.807, 2.05) is 0 Å². The van der Waals surface area contributed by atoms with Gasteiger partial charge in [-0.2, -0.15) is 0 Å². The lowest BCUT2D eigenvalue weighted by Crippen LogP contribution is -2.30. The second-order valence-electron chi connectivity index (χ2n) is 23.8. The van der Waals surface area contributed by atoms with E-state index in [-0.39, 0.29) is 31.1 Å². The van der Waals surface area contributed by atoms with Crippen LogP contribution in [0.25, 0.3) is 0 Å². The Morgan fingerprint density at radius 1 is 0.253 bits per heavy atom. The van der Waals surface area contributed by atoms with E-state index >= 15 is 0 Å². The number of ether oxygens (including phenoxy) is 3. The van der Waals surface area contributed by atoms with E-state index in [0.29, 0.717) is 19.3 Å². The Balaban J connectivity index is 4.17. The number of esters is 3. The van der Waals surface area contributed by atoms with Crippen LogP contribution in [-0.4, -0.2) is 37.2 Å². The highest BCUT2D eigenvalue weighted by Gasteiger charge is 2.19. The second-order valence-corrected chi connectivity index (χ2v) is 23.8. The first kappa shape index (κ1) is 79.3. The summed E-state index contributed by atoms with van der Waals surface area (Å²) in [6, 6.07) is 0. The summed E-state index contributed by atoms with van der Waals surface area (Å²) in [5.74, 6) is -0.873. The molecule has 6 nitrogen and oxygen atoms in total. The molecule has 0 N–H and O–H groups in total. The van der Waals surface area contributed by atoms with Crippen LogP contribution < -0.4 is 0 Å². The molecule has 0 fully saturated rings. The SMILES string of the molecule is CC/C=C\C/C=C\C/C=C\C/C=C\C/C=C\C/C=C\CCCCCCCCCCCCCCCCCCC(=O)OCC(COC(=O)CCCCCCCCCCCCCCCC)OC(=O)CCCCCCC/C=C\C/C=C\CCCCCC. The summed E-state index contributed by atoms with van der Waals surface area (Å²) >= 11 is 0. The van der Waals surface area contributed by atoms with Crippen molar-refractivity contribution in [1.82, 2.24) is 0 Å². The normalized spacial score (nSPS) is 12.7. The lowest BCUT2D eigenvalue weighted by atomic mass is 10.0. The number of carbonyl (C=O) groups is 3. The molecule has 6 heteroatoms. The zero-order valence-electron chi connectivity index (χ0n) is 54.9. The predicted octanol–water partition coefficient (Wildman–Crippen LogP) is 24.8. The lowest BCUT2D eigenvalue weighted by molar-refractivity contribution is -0.167. The summed E-state index contributed by atoms with van der Waals surface area (Å²) in [7, 11) is 0. The third-order valence-electron chi connectivity index (χ3n) is 15.6. The van der Waals surface area contributed by atoms with Crippen molar-refractivity contribution in [1.29, 1.82) is 0 Å². The van der Waals surface area contributed by atoms with Crippen LogP contribution in [0.4, 0.5) is 0 Å². The molecule has 0 radical (unpaired) electrons. The number of rotatable bonds is 65. The van der Waals surface area contributed by atoms with Gasteiger partial charge in [-0.3, -0.25) is 14.4 Å². The molecule has 0 spiro atoms. The summed E-state index contributed by atoms with van der Waals surface area (Å²) in [5.41, 5.74) is 0. The highest BCUT2D eigenvalue weighted by atomic mass is 16.6. The first-order valence-corrected chi connectivity index (χ1v) is 35.7.